The summed E-state index contributed by atoms with van der Waals surface area (Å²) in [6.07, 6.45) is 4.58. The van der Waals surface area contributed by atoms with Crippen molar-refractivity contribution in [3.8, 4) is 11.8 Å². The number of amides is 1. The number of piperidine rings is 1. The quantitative estimate of drug-likeness (QED) is 0.851. The molecule has 5 nitrogen and oxygen atoms in total. The number of benzene rings is 2. The van der Waals surface area contributed by atoms with Gasteiger partial charge >= 0.3 is 0 Å². The lowest BCUT2D eigenvalue weighted by atomic mass is 9.64. The first kappa shape index (κ1) is 16.1. The highest BCUT2D eigenvalue weighted by Gasteiger charge is 2.47. The molecule has 1 amide bonds. The summed E-state index contributed by atoms with van der Waals surface area (Å²) in [5, 5.41) is 19.8. The number of nitriles is 1. The Balaban J connectivity index is 1.48. The fourth-order valence-corrected chi connectivity index (χ4v) is 4.82. The van der Waals surface area contributed by atoms with Crippen molar-refractivity contribution < 1.29 is 9.90 Å². The molecule has 1 saturated heterocycles. The third-order valence-electron chi connectivity index (χ3n) is 6.21. The lowest BCUT2D eigenvalue weighted by Gasteiger charge is -2.48. The predicted molar refractivity (Wildman–Crippen MR) is 101 cm³/mol. The first-order chi connectivity index (χ1) is 13.1. The summed E-state index contributed by atoms with van der Waals surface area (Å²) < 4.78 is 0. The van der Waals surface area contributed by atoms with E-state index in [9.17, 15) is 15.2 Å². The molecule has 2 aromatic carbocycles. The minimum Gasteiger partial charge on any atom is -0.508 e. The van der Waals surface area contributed by atoms with Gasteiger partial charge in [-0.1, -0.05) is 6.07 Å². The van der Waals surface area contributed by atoms with Gasteiger partial charge in [-0.25, -0.2) is 0 Å². The van der Waals surface area contributed by atoms with E-state index in [1.54, 1.807) is 12.1 Å². The lowest BCUT2D eigenvalue weighted by molar-refractivity contribution is 0.0525. The number of hydrogen-bond donors (Lipinski definition) is 1. The van der Waals surface area contributed by atoms with Gasteiger partial charge in [-0.05, 0) is 66.3 Å². The second-order valence-corrected chi connectivity index (χ2v) is 7.71. The highest BCUT2D eigenvalue weighted by atomic mass is 16.3. The van der Waals surface area contributed by atoms with Crippen LogP contribution in [0.4, 0.5) is 5.69 Å². The molecule has 0 aromatic heterocycles. The average molecular weight is 357 g/mol. The molecule has 134 valence electrons. The van der Waals surface area contributed by atoms with Gasteiger partial charge in [-0.2, -0.15) is 5.26 Å². The number of likely N-dealkylation sites (tertiary alicyclic amines) is 1. The third kappa shape index (κ3) is 2.37. The fraction of sp³-hybridized carbons (Fsp3) is 0.318. The summed E-state index contributed by atoms with van der Waals surface area (Å²) in [6.45, 7) is 0.555. The smallest absolute Gasteiger partial charge is 0.254 e. The molecule has 2 unspecified atom stereocenters. The van der Waals surface area contributed by atoms with Crippen molar-refractivity contribution in [3.05, 3.63) is 58.7 Å². The van der Waals surface area contributed by atoms with Crippen molar-refractivity contribution in [1.29, 1.82) is 5.26 Å². The number of hydrogen-bond acceptors (Lipinski definition) is 4. The van der Waals surface area contributed by atoms with Crippen LogP contribution in [0.2, 0.25) is 0 Å². The minimum atomic E-state index is -0.612. The van der Waals surface area contributed by atoms with Gasteiger partial charge in [-0.15, -0.1) is 0 Å². The maximum Gasteiger partial charge on any atom is 0.254 e. The Kier molecular flexibility index (Phi) is 3.38. The highest BCUT2D eigenvalue weighted by molar-refractivity contribution is 5.96. The van der Waals surface area contributed by atoms with E-state index in [0.717, 1.165) is 35.2 Å². The summed E-state index contributed by atoms with van der Waals surface area (Å²) in [5.41, 5.74) is 4.11. The zero-order valence-corrected chi connectivity index (χ0v) is 14.9. The van der Waals surface area contributed by atoms with Gasteiger partial charge in [0.05, 0.1) is 17.2 Å². The van der Waals surface area contributed by atoms with Crippen LogP contribution < -0.4 is 0 Å². The number of phenolic OH excluding ortho intramolecular Hbond substituents is 1. The summed E-state index contributed by atoms with van der Waals surface area (Å²) >= 11 is 0. The molecule has 3 aliphatic rings. The molecule has 0 radical (unpaired) electrons. The molecular formula is C22H19N3O2. The van der Waals surface area contributed by atoms with Gasteiger partial charge in [0, 0.05) is 30.8 Å². The molecule has 2 atom stereocenters. The SMILES string of the molecule is N#CC12CCN(C(=O)c3ccc4c(c3)CC=N4)C(Cc3ccc(O)cc31)C2. The van der Waals surface area contributed by atoms with E-state index < -0.39 is 5.41 Å². The summed E-state index contributed by atoms with van der Waals surface area (Å²) in [7, 11) is 0. The second kappa shape index (κ2) is 5.68. The maximum absolute atomic E-state index is 13.2. The molecule has 1 fully saturated rings. The van der Waals surface area contributed by atoms with Crippen LogP contribution in [-0.2, 0) is 18.3 Å². The zero-order chi connectivity index (χ0) is 18.6. The zero-order valence-electron chi connectivity index (χ0n) is 14.9. The summed E-state index contributed by atoms with van der Waals surface area (Å²) in [5.74, 6) is 0.226. The molecule has 1 N–H and O–H groups in total. The predicted octanol–water partition coefficient (Wildman–Crippen LogP) is 3.27. The molecule has 2 heterocycles. The third-order valence-corrected chi connectivity index (χ3v) is 6.21. The van der Waals surface area contributed by atoms with Gasteiger partial charge in [-0.3, -0.25) is 9.79 Å². The lowest BCUT2D eigenvalue weighted by Crippen LogP contribution is -2.54. The minimum absolute atomic E-state index is 0.00690. The Hall–Kier alpha value is -3.13. The number of phenols is 1. The Bertz CT molecular complexity index is 1040. The topological polar surface area (TPSA) is 76.7 Å². The first-order valence-corrected chi connectivity index (χ1v) is 9.30. The van der Waals surface area contributed by atoms with Gasteiger partial charge in [0.15, 0.2) is 0 Å². The number of carbonyl (C=O) groups excluding carboxylic acids is 1. The number of rotatable bonds is 1. The number of aliphatic imine (C=N–C) groups is 1. The number of fused-ring (bicyclic) bond motifs is 5. The van der Waals surface area contributed by atoms with Crippen molar-refractivity contribution in [1.82, 2.24) is 4.90 Å². The molecule has 5 rings (SSSR count). The Morgan fingerprint density at radius 2 is 2.15 bits per heavy atom. The fourth-order valence-electron chi connectivity index (χ4n) is 4.82. The molecule has 5 heteroatoms. The Morgan fingerprint density at radius 1 is 1.26 bits per heavy atom. The normalized spacial score (nSPS) is 24.9. The maximum atomic E-state index is 13.2. The van der Waals surface area contributed by atoms with Crippen LogP contribution in [0.5, 0.6) is 5.75 Å². The molecule has 0 spiro atoms. The van der Waals surface area contributed by atoms with Gasteiger partial charge in [0.1, 0.15) is 5.75 Å². The highest BCUT2D eigenvalue weighted by Crippen LogP contribution is 2.46. The molecule has 2 aliphatic heterocycles. The standard InChI is InChI=1S/C22H19N3O2/c23-13-22-6-8-25(17(12-22)10-14-1-3-18(26)11-19(14)22)21(27)16-2-4-20-15(9-16)5-7-24-20/h1-4,7,9,11,17,26H,5-6,8,10,12H2. The Labute approximate surface area is 157 Å². The molecule has 27 heavy (non-hydrogen) atoms. The van der Waals surface area contributed by atoms with E-state index in [1.165, 1.54) is 0 Å². The van der Waals surface area contributed by atoms with Crippen molar-refractivity contribution in [2.75, 3.05) is 6.54 Å². The van der Waals surface area contributed by atoms with E-state index in [2.05, 4.69) is 11.1 Å². The Morgan fingerprint density at radius 3 is 3.00 bits per heavy atom. The molecule has 2 bridgehead atoms. The van der Waals surface area contributed by atoms with Gasteiger partial charge < -0.3 is 10.0 Å². The monoisotopic (exact) mass is 357 g/mol. The van der Waals surface area contributed by atoms with Gasteiger partial charge in [0.25, 0.3) is 5.91 Å². The second-order valence-electron chi connectivity index (χ2n) is 7.71. The molecular weight excluding hydrogens is 338 g/mol. The molecule has 2 aromatic rings. The van der Waals surface area contributed by atoms with Gasteiger partial charge in [0.2, 0.25) is 0 Å². The van der Waals surface area contributed by atoms with Crippen LogP contribution in [0.25, 0.3) is 0 Å². The summed E-state index contributed by atoms with van der Waals surface area (Å²) in [6, 6.07) is 13.5. The van der Waals surface area contributed by atoms with E-state index in [4.69, 9.17) is 0 Å². The van der Waals surface area contributed by atoms with E-state index in [1.807, 2.05) is 35.4 Å². The average Bonchev–Trinajstić information content (AvgIpc) is 3.16. The van der Waals surface area contributed by atoms with E-state index in [0.29, 0.717) is 24.9 Å². The van der Waals surface area contributed by atoms with Crippen LogP contribution >= 0.6 is 0 Å². The number of carbonyl (C=O) groups is 1. The van der Waals surface area contributed by atoms with Crippen molar-refractivity contribution in [2.24, 2.45) is 4.99 Å². The number of aromatic hydroxyl groups is 1. The van der Waals surface area contributed by atoms with Crippen LogP contribution in [0.15, 0.2) is 41.4 Å². The largest absolute Gasteiger partial charge is 0.508 e. The van der Waals surface area contributed by atoms with Crippen molar-refractivity contribution in [3.63, 3.8) is 0 Å². The van der Waals surface area contributed by atoms with Crippen molar-refractivity contribution in [2.45, 2.75) is 37.1 Å². The number of nitrogens with zero attached hydrogens (tertiary/aromatic N) is 3. The van der Waals surface area contributed by atoms with E-state index in [-0.39, 0.29) is 17.7 Å². The first-order valence-electron chi connectivity index (χ1n) is 9.30. The van der Waals surface area contributed by atoms with Crippen LogP contribution in [0, 0.1) is 11.3 Å². The van der Waals surface area contributed by atoms with Crippen LogP contribution in [0.1, 0.15) is 39.9 Å². The molecule has 1 aliphatic carbocycles. The molecule has 0 saturated carbocycles. The van der Waals surface area contributed by atoms with E-state index >= 15 is 0 Å². The van der Waals surface area contributed by atoms with Crippen molar-refractivity contribution >= 4 is 17.8 Å². The van der Waals surface area contributed by atoms with Crippen LogP contribution in [-0.4, -0.2) is 34.7 Å². The summed E-state index contributed by atoms with van der Waals surface area (Å²) in [4.78, 5) is 19.5. The van der Waals surface area contributed by atoms with Crippen LogP contribution in [0.3, 0.4) is 0 Å².